The van der Waals surface area contributed by atoms with Crippen molar-refractivity contribution in [3.63, 3.8) is 0 Å². The van der Waals surface area contributed by atoms with Gasteiger partial charge in [0, 0.05) is 31.0 Å². The Hall–Kier alpha value is -0.980. The highest BCUT2D eigenvalue weighted by Gasteiger charge is 2.34. The van der Waals surface area contributed by atoms with Gasteiger partial charge in [0.05, 0.1) is 17.5 Å². The summed E-state index contributed by atoms with van der Waals surface area (Å²) in [6.07, 6.45) is 3.49. The SMILES string of the molecule is CC(N)C(c1ccncc1)N1CCS(=O)(=O)CC1C. The first-order valence-electron chi connectivity index (χ1n) is 6.52. The molecular formula is C13H21N3O2S. The normalized spacial score (nSPS) is 26.8. The first kappa shape index (κ1) is 14.4. The number of rotatable bonds is 3. The van der Waals surface area contributed by atoms with Crippen molar-refractivity contribution < 1.29 is 8.42 Å². The summed E-state index contributed by atoms with van der Waals surface area (Å²) >= 11 is 0. The van der Waals surface area contributed by atoms with E-state index in [4.69, 9.17) is 5.73 Å². The zero-order valence-corrected chi connectivity index (χ0v) is 12.2. The zero-order chi connectivity index (χ0) is 14.0. The summed E-state index contributed by atoms with van der Waals surface area (Å²) in [5, 5.41) is 0. The zero-order valence-electron chi connectivity index (χ0n) is 11.4. The van der Waals surface area contributed by atoms with Crippen LogP contribution >= 0.6 is 0 Å². The van der Waals surface area contributed by atoms with Gasteiger partial charge in [0.25, 0.3) is 0 Å². The van der Waals surface area contributed by atoms with E-state index < -0.39 is 9.84 Å². The second-order valence-corrected chi connectivity index (χ2v) is 7.51. The highest BCUT2D eigenvalue weighted by Crippen LogP contribution is 2.27. The van der Waals surface area contributed by atoms with Gasteiger partial charge in [0.1, 0.15) is 0 Å². The summed E-state index contributed by atoms with van der Waals surface area (Å²) in [6.45, 7) is 4.45. The molecule has 0 aliphatic carbocycles. The van der Waals surface area contributed by atoms with E-state index in [1.807, 2.05) is 26.0 Å². The van der Waals surface area contributed by atoms with Crippen LogP contribution in [-0.4, -0.2) is 48.4 Å². The first-order valence-corrected chi connectivity index (χ1v) is 8.34. The Kier molecular flexibility index (Phi) is 4.23. The van der Waals surface area contributed by atoms with Crippen LogP contribution in [0.5, 0.6) is 0 Å². The standard InChI is InChI=1S/C13H21N3O2S/c1-10-9-19(17,18)8-7-16(10)13(11(2)14)12-3-5-15-6-4-12/h3-6,10-11,13H,7-9,14H2,1-2H3. The average molecular weight is 283 g/mol. The molecule has 1 fully saturated rings. The molecule has 2 heterocycles. The number of hydrogen-bond donors (Lipinski definition) is 1. The Balaban J connectivity index is 2.26. The van der Waals surface area contributed by atoms with E-state index in [9.17, 15) is 8.42 Å². The fourth-order valence-corrected chi connectivity index (χ4v) is 4.36. The maximum Gasteiger partial charge on any atom is 0.153 e. The largest absolute Gasteiger partial charge is 0.326 e. The van der Waals surface area contributed by atoms with Gasteiger partial charge in [-0.1, -0.05) is 0 Å². The van der Waals surface area contributed by atoms with E-state index in [0.29, 0.717) is 6.54 Å². The lowest BCUT2D eigenvalue weighted by atomic mass is 9.99. The summed E-state index contributed by atoms with van der Waals surface area (Å²) in [5.74, 6) is 0.424. The lowest BCUT2D eigenvalue weighted by Gasteiger charge is -2.41. The van der Waals surface area contributed by atoms with Gasteiger partial charge in [0.2, 0.25) is 0 Å². The third-order valence-electron chi connectivity index (χ3n) is 3.62. The number of sulfone groups is 1. The van der Waals surface area contributed by atoms with Crippen LogP contribution in [0.2, 0.25) is 0 Å². The summed E-state index contributed by atoms with van der Waals surface area (Å²) < 4.78 is 23.3. The molecule has 19 heavy (non-hydrogen) atoms. The molecule has 0 spiro atoms. The molecule has 1 saturated heterocycles. The maximum atomic E-state index is 11.7. The van der Waals surface area contributed by atoms with Gasteiger partial charge >= 0.3 is 0 Å². The Morgan fingerprint density at radius 1 is 1.42 bits per heavy atom. The molecule has 0 saturated carbocycles. The van der Waals surface area contributed by atoms with Gasteiger partial charge in [-0.2, -0.15) is 0 Å². The van der Waals surface area contributed by atoms with Crippen molar-refractivity contribution in [1.82, 2.24) is 9.88 Å². The van der Waals surface area contributed by atoms with Gasteiger partial charge in [-0.25, -0.2) is 8.42 Å². The summed E-state index contributed by atoms with van der Waals surface area (Å²) in [7, 11) is -2.90. The molecule has 0 bridgehead atoms. The van der Waals surface area contributed by atoms with Gasteiger partial charge in [-0.15, -0.1) is 0 Å². The molecule has 3 atom stereocenters. The van der Waals surface area contributed by atoms with Crippen molar-refractivity contribution in [3.05, 3.63) is 30.1 Å². The number of pyridine rings is 1. The van der Waals surface area contributed by atoms with Crippen molar-refractivity contribution >= 4 is 9.84 Å². The second-order valence-electron chi connectivity index (χ2n) is 5.29. The van der Waals surface area contributed by atoms with Crippen molar-refractivity contribution in [3.8, 4) is 0 Å². The average Bonchev–Trinajstić information content (AvgIpc) is 2.33. The van der Waals surface area contributed by atoms with E-state index in [1.54, 1.807) is 12.4 Å². The Bertz CT molecular complexity index is 516. The van der Waals surface area contributed by atoms with E-state index in [-0.39, 0.29) is 29.6 Å². The third kappa shape index (κ3) is 3.32. The molecule has 0 radical (unpaired) electrons. The number of nitrogens with two attached hydrogens (primary N) is 1. The molecule has 5 nitrogen and oxygen atoms in total. The smallest absolute Gasteiger partial charge is 0.153 e. The monoisotopic (exact) mass is 283 g/mol. The molecule has 106 valence electrons. The van der Waals surface area contributed by atoms with Gasteiger partial charge in [-0.3, -0.25) is 9.88 Å². The Morgan fingerprint density at radius 3 is 2.58 bits per heavy atom. The molecule has 1 aromatic heterocycles. The predicted molar refractivity (Wildman–Crippen MR) is 75.4 cm³/mol. The highest BCUT2D eigenvalue weighted by atomic mass is 32.2. The number of aromatic nitrogens is 1. The number of nitrogens with zero attached hydrogens (tertiary/aromatic N) is 2. The van der Waals surface area contributed by atoms with Crippen molar-refractivity contribution in [2.75, 3.05) is 18.1 Å². The van der Waals surface area contributed by atoms with Gasteiger partial charge < -0.3 is 5.73 Å². The number of hydrogen-bond acceptors (Lipinski definition) is 5. The van der Waals surface area contributed by atoms with Gasteiger partial charge in [0.15, 0.2) is 9.84 Å². The minimum atomic E-state index is -2.90. The fraction of sp³-hybridized carbons (Fsp3) is 0.615. The Morgan fingerprint density at radius 2 is 2.05 bits per heavy atom. The van der Waals surface area contributed by atoms with Crippen LogP contribution in [0.25, 0.3) is 0 Å². The fourth-order valence-electron chi connectivity index (χ4n) is 2.78. The molecule has 1 aromatic rings. The van der Waals surface area contributed by atoms with Crippen molar-refractivity contribution in [2.45, 2.75) is 32.0 Å². The van der Waals surface area contributed by atoms with Crippen molar-refractivity contribution in [2.24, 2.45) is 5.73 Å². The van der Waals surface area contributed by atoms with E-state index in [2.05, 4.69) is 9.88 Å². The first-order chi connectivity index (χ1) is 8.91. The predicted octanol–water partition coefficient (Wildman–Crippen LogP) is 0.589. The lowest BCUT2D eigenvalue weighted by molar-refractivity contribution is 0.140. The van der Waals surface area contributed by atoms with E-state index in [1.165, 1.54) is 0 Å². The van der Waals surface area contributed by atoms with E-state index in [0.717, 1.165) is 5.56 Å². The lowest BCUT2D eigenvalue weighted by Crippen LogP contribution is -2.52. The summed E-state index contributed by atoms with van der Waals surface area (Å²) in [6, 6.07) is 3.86. The third-order valence-corrected chi connectivity index (χ3v) is 5.42. The molecule has 3 unspecified atom stereocenters. The van der Waals surface area contributed by atoms with Crippen LogP contribution < -0.4 is 5.73 Å². The van der Waals surface area contributed by atoms with Crippen LogP contribution in [0.1, 0.15) is 25.5 Å². The minimum absolute atomic E-state index is 0.0112. The molecule has 6 heteroatoms. The maximum absolute atomic E-state index is 11.7. The molecule has 1 aliphatic rings. The van der Waals surface area contributed by atoms with Crippen LogP contribution in [0.4, 0.5) is 0 Å². The van der Waals surface area contributed by atoms with Crippen LogP contribution in [0, 0.1) is 0 Å². The van der Waals surface area contributed by atoms with Crippen LogP contribution in [-0.2, 0) is 9.84 Å². The minimum Gasteiger partial charge on any atom is -0.326 e. The molecule has 0 aromatic carbocycles. The molecule has 1 aliphatic heterocycles. The molecule has 2 rings (SSSR count). The van der Waals surface area contributed by atoms with Crippen molar-refractivity contribution in [1.29, 1.82) is 0 Å². The molecular weight excluding hydrogens is 262 g/mol. The molecule has 0 amide bonds. The van der Waals surface area contributed by atoms with Crippen LogP contribution in [0.15, 0.2) is 24.5 Å². The second kappa shape index (κ2) is 5.56. The topological polar surface area (TPSA) is 76.3 Å². The van der Waals surface area contributed by atoms with Crippen LogP contribution in [0.3, 0.4) is 0 Å². The molecule has 2 N–H and O–H groups in total. The quantitative estimate of drug-likeness (QED) is 0.878. The summed E-state index contributed by atoms with van der Waals surface area (Å²) in [5.41, 5.74) is 7.21. The summed E-state index contributed by atoms with van der Waals surface area (Å²) in [4.78, 5) is 6.21. The Labute approximate surface area is 114 Å². The van der Waals surface area contributed by atoms with Gasteiger partial charge in [-0.05, 0) is 31.5 Å². The van der Waals surface area contributed by atoms with E-state index >= 15 is 0 Å². The highest BCUT2D eigenvalue weighted by molar-refractivity contribution is 7.91.